The summed E-state index contributed by atoms with van der Waals surface area (Å²) in [7, 11) is 0. The number of fused-ring (bicyclic) bond motifs is 1. The summed E-state index contributed by atoms with van der Waals surface area (Å²) in [5, 5.41) is 3.21. The number of nitrogens with one attached hydrogen (secondary N) is 1. The molecule has 1 aliphatic rings. The van der Waals surface area contributed by atoms with E-state index in [4.69, 9.17) is 5.73 Å². The Labute approximate surface area is 150 Å². The minimum absolute atomic E-state index is 0. The fourth-order valence-electron chi connectivity index (χ4n) is 3.43. The van der Waals surface area contributed by atoms with Gasteiger partial charge in [0.25, 0.3) is 0 Å². The highest BCUT2D eigenvalue weighted by Crippen LogP contribution is 2.41. The van der Waals surface area contributed by atoms with Gasteiger partial charge in [0, 0.05) is 5.69 Å². The fraction of sp³-hybridized carbons (Fsp3) is 0.350. The predicted molar refractivity (Wildman–Crippen MR) is 101 cm³/mol. The number of carbonyl (C=O) groups is 1. The summed E-state index contributed by atoms with van der Waals surface area (Å²) in [6.45, 7) is 4.55. The third-order valence-electron chi connectivity index (χ3n) is 4.80. The Morgan fingerprint density at radius 2 is 1.83 bits per heavy atom. The zero-order valence-corrected chi connectivity index (χ0v) is 15.0. The zero-order chi connectivity index (χ0) is 16.4. The van der Waals surface area contributed by atoms with Crippen LogP contribution in [0.2, 0.25) is 0 Å². The molecule has 0 bridgehead atoms. The number of rotatable bonds is 3. The highest BCUT2D eigenvalue weighted by Gasteiger charge is 2.32. The SMILES string of the molecule is CC1(C)CCC(NC(=O)Cc2ccc(N)cc2)c2ccccc21.Cl. The molecule has 1 aliphatic carbocycles. The van der Waals surface area contributed by atoms with Crippen LogP contribution in [0.25, 0.3) is 0 Å². The van der Waals surface area contributed by atoms with Gasteiger partial charge in [-0.2, -0.15) is 0 Å². The molecule has 0 fully saturated rings. The Bertz CT molecular complexity index is 710. The Morgan fingerprint density at radius 3 is 2.54 bits per heavy atom. The van der Waals surface area contributed by atoms with Gasteiger partial charge >= 0.3 is 0 Å². The zero-order valence-electron chi connectivity index (χ0n) is 14.2. The van der Waals surface area contributed by atoms with Crippen molar-refractivity contribution in [2.75, 3.05) is 5.73 Å². The van der Waals surface area contributed by atoms with Crippen LogP contribution in [0.4, 0.5) is 5.69 Å². The van der Waals surface area contributed by atoms with Gasteiger partial charge in [-0.25, -0.2) is 0 Å². The quantitative estimate of drug-likeness (QED) is 0.821. The molecule has 2 aromatic rings. The second kappa shape index (κ2) is 7.27. The van der Waals surface area contributed by atoms with Gasteiger partial charge in [-0.3, -0.25) is 4.79 Å². The standard InChI is InChI=1S/C20H24N2O.ClH/c1-20(2)12-11-18(16-5-3-4-6-17(16)20)22-19(23)13-14-7-9-15(21)10-8-14;/h3-10,18H,11-13,21H2,1-2H3,(H,22,23);1H. The maximum absolute atomic E-state index is 12.4. The molecule has 3 N–H and O–H groups in total. The number of benzene rings is 2. The van der Waals surface area contributed by atoms with Crippen molar-refractivity contribution in [2.24, 2.45) is 0 Å². The molecule has 1 atom stereocenters. The van der Waals surface area contributed by atoms with Gasteiger partial charge in [0.2, 0.25) is 5.91 Å². The van der Waals surface area contributed by atoms with Gasteiger partial charge in [-0.1, -0.05) is 50.2 Å². The lowest BCUT2D eigenvalue weighted by Crippen LogP contribution is -2.36. The van der Waals surface area contributed by atoms with Crippen LogP contribution in [0.3, 0.4) is 0 Å². The molecule has 0 saturated heterocycles. The average Bonchev–Trinajstić information content (AvgIpc) is 2.53. The normalized spacial score (nSPS) is 18.2. The van der Waals surface area contributed by atoms with E-state index in [1.165, 1.54) is 11.1 Å². The van der Waals surface area contributed by atoms with E-state index in [0.29, 0.717) is 6.42 Å². The summed E-state index contributed by atoms with van der Waals surface area (Å²) >= 11 is 0. The largest absolute Gasteiger partial charge is 0.399 e. The molecule has 0 radical (unpaired) electrons. The monoisotopic (exact) mass is 344 g/mol. The molecule has 0 aromatic heterocycles. The number of carbonyl (C=O) groups excluding carboxylic acids is 1. The number of hydrogen-bond acceptors (Lipinski definition) is 2. The van der Waals surface area contributed by atoms with E-state index in [1.807, 2.05) is 24.3 Å². The maximum Gasteiger partial charge on any atom is 0.224 e. The van der Waals surface area contributed by atoms with Crippen LogP contribution >= 0.6 is 12.4 Å². The van der Waals surface area contributed by atoms with Crippen molar-refractivity contribution in [3.63, 3.8) is 0 Å². The summed E-state index contributed by atoms with van der Waals surface area (Å²) in [6.07, 6.45) is 2.46. The van der Waals surface area contributed by atoms with Crippen molar-refractivity contribution in [1.82, 2.24) is 5.32 Å². The van der Waals surface area contributed by atoms with Gasteiger partial charge in [0.1, 0.15) is 0 Å². The Kier molecular flexibility index (Phi) is 5.55. The molecule has 3 rings (SSSR count). The van der Waals surface area contributed by atoms with Crippen molar-refractivity contribution in [3.05, 3.63) is 65.2 Å². The van der Waals surface area contributed by atoms with Gasteiger partial charge in [-0.15, -0.1) is 12.4 Å². The van der Waals surface area contributed by atoms with Crippen LogP contribution in [0.1, 0.15) is 49.4 Å². The molecule has 0 spiro atoms. The van der Waals surface area contributed by atoms with Gasteiger partial charge in [0.05, 0.1) is 12.5 Å². The van der Waals surface area contributed by atoms with E-state index in [0.717, 1.165) is 24.1 Å². The lowest BCUT2D eigenvalue weighted by Gasteiger charge is -2.37. The number of amides is 1. The highest BCUT2D eigenvalue weighted by molar-refractivity contribution is 5.85. The fourth-order valence-corrected chi connectivity index (χ4v) is 3.43. The number of nitrogens with two attached hydrogens (primary N) is 1. The smallest absolute Gasteiger partial charge is 0.224 e. The van der Waals surface area contributed by atoms with Gasteiger partial charge in [-0.05, 0) is 47.1 Å². The Morgan fingerprint density at radius 1 is 1.17 bits per heavy atom. The number of hydrogen-bond donors (Lipinski definition) is 2. The Balaban J connectivity index is 0.00000208. The second-order valence-corrected chi connectivity index (χ2v) is 7.05. The van der Waals surface area contributed by atoms with Crippen LogP contribution in [-0.4, -0.2) is 5.91 Å². The van der Waals surface area contributed by atoms with Crippen LogP contribution < -0.4 is 11.1 Å². The molecule has 2 aromatic carbocycles. The minimum atomic E-state index is 0. The predicted octanol–water partition coefficient (Wildman–Crippen LogP) is 4.16. The molecule has 4 heteroatoms. The molecule has 3 nitrogen and oxygen atoms in total. The van der Waals surface area contributed by atoms with E-state index in [1.54, 1.807) is 0 Å². The lowest BCUT2D eigenvalue weighted by atomic mass is 9.71. The highest BCUT2D eigenvalue weighted by atomic mass is 35.5. The maximum atomic E-state index is 12.4. The molecule has 0 aliphatic heterocycles. The summed E-state index contributed by atoms with van der Waals surface area (Å²) in [5.74, 6) is 0.0641. The van der Waals surface area contributed by atoms with E-state index < -0.39 is 0 Å². The molecular formula is C20H25ClN2O. The first-order valence-electron chi connectivity index (χ1n) is 8.19. The molecule has 1 amide bonds. The van der Waals surface area contributed by atoms with E-state index in [-0.39, 0.29) is 29.8 Å². The van der Waals surface area contributed by atoms with Crippen molar-refractivity contribution < 1.29 is 4.79 Å². The lowest BCUT2D eigenvalue weighted by molar-refractivity contribution is -0.121. The third kappa shape index (κ3) is 3.90. The molecular weight excluding hydrogens is 320 g/mol. The topological polar surface area (TPSA) is 55.1 Å². The van der Waals surface area contributed by atoms with Crippen LogP contribution in [-0.2, 0) is 16.6 Å². The minimum Gasteiger partial charge on any atom is -0.399 e. The first-order valence-corrected chi connectivity index (χ1v) is 8.19. The molecule has 1 unspecified atom stereocenters. The van der Waals surface area contributed by atoms with Crippen molar-refractivity contribution >= 4 is 24.0 Å². The number of nitrogen functional groups attached to an aromatic ring is 1. The summed E-state index contributed by atoms with van der Waals surface area (Å²) in [6, 6.07) is 16.1. The number of halogens is 1. The molecule has 24 heavy (non-hydrogen) atoms. The molecule has 0 saturated carbocycles. The van der Waals surface area contributed by atoms with Crippen LogP contribution in [0.15, 0.2) is 48.5 Å². The average molecular weight is 345 g/mol. The van der Waals surface area contributed by atoms with Crippen molar-refractivity contribution in [1.29, 1.82) is 0 Å². The molecule has 0 heterocycles. The summed E-state index contributed by atoms with van der Waals surface area (Å²) in [5.41, 5.74) is 10.2. The second-order valence-electron chi connectivity index (χ2n) is 7.05. The molecule has 128 valence electrons. The van der Waals surface area contributed by atoms with Gasteiger partial charge in [0.15, 0.2) is 0 Å². The number of anilines is 1. The van der Waals surface area contributed by atoms with E-state index in [2.05, 4.69) is 43.4 Å². The van der Waals surface area contributed by atoms with E-state index in [9.17, 15) is 4.79 Å². The van der Waals surface area contributed by atoms with Crippen molar-refractivity contribution in [2.45, 2.75) is 44.6 Å². The van der Waals surface area contributed by atoms with Crippen molar-refractivity contribution in [3.8, 4) is 0 Å². The van der Waals surface area contributed by atoms with Gasteiger partial charge < -0.3 is 11.1 Å². The Hall–Kier alpha value is -2.00. The first-order chi connectivity index (χ1) is 11.0. The summed E-state index contributed by atoms with van der Waals surface area (Å²) in [4.78, 5) is 12.4. The summed E-state index contributed by atoms with van der Waals surface area (Å²) < 4.78 is 0. The first kappa shape index (κ1) is 18.3. The third-order valence-corrected chi connectivity index (χ3v) is 4.80. The van der Waals surface area contributed by atoms with E-state index >= 15 is 0 Å². The van der Waals surface area contributed by atoms with Crippen LogP contribution in [0.5, 0.6) is 0 Å². The van der Waals surface area contributed by atoms with Crippen LogP contribution in [0, 0.1) is 0 Å².